The minimum atomic E-state index is -2.18. The number of Topliss-reactive ketones (excluding diaryl/α,β-unsaturated/α-hetero) is 1. The van der Waals surface area contributed by atoms with E-state index in [0.29, 0.717) is 25.3 Å². The van der Waals surface area contributed by atoms with E-state index in [2.05, 4.69) is 18.7 Å². The van der Waals surface area contributed by atoms with Crippen molar-refractivity contribution < 1.29 is 33.0 Å². The fraction of sp³-hybridized carbons (Fsp3) is 0.774. The van der Waals surface area contributed by atoms with E-state index in [9.17, 15) is 19.5 Å². The molecule has 1 unspecified atom stereocenters. The molecule has 3 saturated carbocycles. The van der Waals surface area contributed by atoms with Crippen molar-refractivity contribution in [3.8, 4) is 0 Å². The Labute approximate surface area is 231 Å². The van der Waals surface area contributed by atoms with Gasteiger partial charge in [-0.15, -0.1) is 0 Å². The number of rotatable bonds is 9. The number of aliphatic hydroxyl groups is 1. The summed E-state index contributed by atoms with van der Waals surface area (Å²) in [7, 11) is 1.98. The molecular formula is C31H45F2NO5. The van der Waals surface area contributed by atoms with Crippen molar-refractivity contribution in [3.63, 3.8) is 0 Å². The molecule has 3 fully saturated rings. The van der Waals surface area contributed by atoms with Gasteiger partial charge in [-0.1, -0.05) is 39.7 Å². The first kappa shape index (κ1) is 30.0. The Bertz CT molecular complexity index is 1070. The van der Waals surface area contributed by atoms with Crippen molar-refractivity contribution in [1.29, 1.82) is 0 Å². The molecule has 39 heavy (non-hydrogen) atoms. The Kier molecular flexibility index (Phi) is 8.07. The summed E-state index contributed by atoms with van der Waals surface area (Å²) < 4.78 is 38.4. The van der Waals surface area contributed by atoms with Gasteiger partial charge in [0.15, 0.2) is 23.8 Å². The highest BCUT2D eigenvalue weighted by Crippen LogP contribution is 2.72. The second-order valence-electron chi connectivity index (χ2n) is 13.1. The number of hydrogen-bond donors (Lipinski definition) is 1. The molecule has 0 aromatic rings. The number of ether oxygens (including phenoxy) is 1. The Morgan fingerprint density at radius 2 is 1.90 bits per heavy atom. The van der Waals surface area contributed by atoms with Gasteiger partial charge >= 0.3 is 5.97 Å². The number of aliphatic hydroxyl groups excluding tert-OH is 1. The van der Waals surface area contributed by atoms with Gasteiger partial charge in [-0.25, -0.2) is 8.78 Å². The summed E-state index contributed by atoms with van der Waals surface area (Å²) >= 11 is 0. The highest BCUT2D eigenvalue weighted by atomic mass is 19.1. The van der Waals surface area contributed by atoms with Gasteiger partial charge in [0, 0.05) is 31.3 Å². The first-order valence-corrected chi connectivity index (χ1v) is 14.5. The van der Waals surface area contributed by atoms with E-state index in [1.807, 2.05) is 14.0 Å². The molecule has 4 aliphatic carbocycles. The van der Waals surface area contributed by atoms with E-state index in [-0.39, 0.29) is 42.5 Å². The lowest BCUT2D eigenvalue weighted by Gasteiger charge is -2.63. The molecule has 4 rings (SSSR count). The maximum Gasteiger partial charge on any atom is 0.303 e. The minimum absolute atomic E-state index is 0.0247. The van der Waals surface area contributed by atoms with Crippen molar-refractivity contribution in [1.82, 2.24) is 4.90 Å². The largest absolute Gasteiger partial charge is 0.458 e. The zero-order chi connectivity index (χ0) is 29.0. The van der Waals surface area contributed by atoms with Crippen LogP contribution in [0.25, 0.3) is 0 Å². The van der Waals surface area contributed by atoms with Crippen LogP contribution in [0, 0.1) is 34.0 Å². The number of carbonyl (C=O) groups is 3. The van der Waals surface area contributed by atoms with Crippen LogP contribution in [0.2, 0.25) is 0 Å². The van der Waals surface area contributed by atoms with Crippen molar-refractivity contribution in [2.24, 2.45) is 34.0 Å². The second-order valence-corrected chi connectivity index (χ2v) is 13.1. The van der Waals surface area contributed by atoms with Gasteiger partial charge in [-0.2, -0.15) is 0 Å². The van der Waals surface area contributed by atoms with E-state index in [0.717, 1.165) is 19.4 Å². The highest BCUT2D eigenvalue weighted by molar-refractivity contribution is 6.01. The summed E-state index contributed by atoms with van der Waals surface area (Å²) in [4.78, 5) is 39.9. The van der Waals surface area contributed by atoms with Gasteiger partial charge in [-0.3, -0.25) is 14.4 Å². The molecule has 0 bridgehead atoms. The van der Waals surface area contributed by atoms with Crippen LogP contribution in [0.1, 0.15) is 73.1 Å². The fourth-order valence-corrected chi connectivity index (χ4v) is 8.94. The van der Waals surface area contributed by atoms with E-state index in [4.69, 9.17) is 4.74 Å². The zero-order valence-corrected chi connectivity index (χ0v) is 24.3. The summed E-state index contributed by atoms with van der Waals surface area (Å²) in [5.41, 5.74) is -5.37. The molecule has 8 heteroatoms. The van der Waals surface area contributed by atoms with Crippen LogP contribution < -0.4 is 0 Å². The van der Waals surface area contributed by atoms with E-state index in [1.165, 1.54) is 25.2 Å². The highest BCUT2D eigenvalue weighted by Gasteiger charge is 2.75. The molecule has 0 aliphatic heterocycles. The van der Waals surface area contributed by atoms with Gasteiger partial charge < -0.3 is 14.7 Å². The van der Waals surface area contributed by atoms with Crippen LogP contribution in [0.3, 0.4) is 0 Å². The SMILES string of the molecule is CCC(CC)CN(C)C[C@]1(C(=O)COC(C)=O)CCC2[C@@H]3C[C@H](F)C4=CC(=O)C=C[C@]4(C)[C@@]3(F)[C@@H](O)C[C@@]21C. The van der Waals surface area contributed by atoms with Crippen molar-refractivity contribution in [2.75, 3.05) is 26.7 Å². The third kappa shape index (κ3) is 4.44. The number of ketones is 2. The molecule has 0 heterocycles. The quantitative estimate of drug-likeness (QED) is 0.417. The lowest BCUT2D eigenvalue weighted by Crippen LogP contribution is -2.70. The third-order valence-corrected chi connectivity index (χ3v) is 11.2. The summed E-state index contributed by atoms with van der Waals surface area (Å²) in [6.45, 7) is 9.88. The van der Waals surface area contributed by atoms with Gasteiger partial charge in [-0.05, 0) is 74.6 Å². The van der Waals surface area contributed by atoms with Crippen LogP contribution in [0.4, 0.5) is 8.78 Å². The van der Waals surface area contributed by atoms with Crippen LogP contribution in [-0.2, 0) is 19.1 Å². The topological polar surface area (TPSA) is 83.9 Å². The van der Waals surface area contributed by atoms with E-state index >= 15 is 8.78 Å². The number of carbonyl (C=O) groups excluding carboxylic acids is 3. The van der Waals surface area contributed by atoms with Crippen LogP contribution in [-0.4, -0.2) is 72.2 Å². The predicted molar refractivity (Wildman–Crippen MR) is 144 cm³/mol. The molecule has 4 aliphatic rings. The molecule has 8 atom stereocenters. The number of alkyl halides is 2. The molecule has 1 N–H and O–H groups in total. The number of esters is 1. The molecule has 0 radical (unpaired) electrons. The van der Waals surface area contributed by atoms with Crippen LogP contribution >= 0.6 is 0 Å². The van der Waals surface area contributed by atoms with Crippen molar-refractivity contribution in [3.05, 3.63) is 23.8 Å². The van der Waals surface area contributed by atoms with Gasteiger partial charge in [0.1, 0.15) is 6.17 Å². The average Bonchev–Trinajstić information content (AvgIpc) is 3.16. The van der Waals surface area contributed by atoms with Gasteiger partial charge in [0.25, 0.3) is 0 Å². The standard InChI is InChI=1S/C31H45F2NO5/c1-7-20(8-2)16-34(6)18-30(27(38)17-39-19(3)35)12-10-22-23-14-25(32)24-13-21(36)9-11-28(24,4)31(23,33)26(37)15-29(22,30)5/h9,11,13,20,22-23,25-26,37H,7-8,10,12,14-18H2,1-6H3/t22?,23-,25-,26-,28-,29-,30-,31-/m0/s1. The smallest absolute Gasteiger partial charge is 0.303 e. The lowest BCUT2D eigenvalue weighted by molar-refractivity contribution is -0.213. The summed E-state index contributed by atoms with van der Waals surface area (Å²) in [5, 5.41) is 11.7. The maximum atomic E-state index is 17.5. The Hall–Kier alpha value is -1.93. The normalized spacial score (nSPS) is 41.2. The third-order valence-electron chi connectivity index (χ3n) is 11.2. The molecule has 0 saturated heterocycles. The molecule has 0 amide bonds. The van der Waals surface area contributed by atoms with Crippen molar-refractivity contribution >= 4 is 17.5 Å². The summed E-state index contributed by atoms with van der Waals surface area (Å²) in [6.07, 6.45) is 3.76. The number of fused-ring (bicyclic) bond motifs is 5. The molecule has 218 valence electrons. The summed E-state index contributed by atoms with van der Waals surface area (Å²) in [6, 6.07) is 0. The van der Waals surface area contributed by atoms with E-state index in [1.54, 1.807) is 6.92 Å². The number of hydrogen-bond acceptors (Lipinski definition) is 6. The number of halogens is 2. The molecule has 0 aromatic heterocycles. The molecule has 6 nitrogen and oxygen atoms in total. The Morgan fingerprint density at radius 3 is 2.51 bits per heavy atom. The number of allylic oxidation sites excluding steroid dienone is 4. The van der Waals surface area contributed by atoms with Crippen molar-refractivity contribution in [2.45, 2.75) is 91.1 Å². The minimum Gasteiger partial charge on any atom is -0.458 e. The Balaban J connectivity index is 1.76. The average molecular weight is 550 g/mol. The first-order valence-electron chi connectivity index (χ1n) is 14.5. The monoisotopic (exact) mass is 549 g/mol. The molecule has 0 spiro atoms. The predicted octanol–water partition coefficient (Wildman–Crippen LogP) is 4.79. The Morgan fingerprint density at radius 1 is 1.23 bits per heavy atom. The van der Waals surface area contributed by atoms with E-state index < -0.39 is 46.1 Å². The van der Waals surface area contributed by atoms with Gasteiger partial charge in [0.2, 0.25) is 0 Å². The van der Waals surface area contributed by atoms with Crippen LogP contribution in [0.5, 0.6) is 0 Å². The fourth-order valence-electron chi connectivity index (χ4n) is 8.94. The molecular weight excluding hydrogens is 504 g/mol. The maximum absolute atomic E-state index is 17.5. The van der Waals surface area contributed by atoms with Crippen LogP contribution in [0.15, 0.2) is 23.8 Å². The lowest BCUT2D eigenvalue weighted by atomic mass is 9.43. The second kappa shape index (κ2) is 10.5. The summed E-state index contributed by atoms with van der Waals surface area (Å²) in [5.74, 6) is -1.90. The van der Waals surface area contributed by atoms with Gasteiger partial charge in [0.05, 0.1) is 11.5 Å². The molecule has 0 aromatic carbocycles. The number of nitrogens with zero attached hydrogens (tertiary/aromatic N) is 1. The first-order chi connectivity index (χ1) is 18.2. The zero-order valence-electron chi connectivity index (χ0n) is 24.3.